The topological polar surface area (TPSA) is 109 Å². The van der Waals surface area contributed by atoms with Crippen LogP contribution in [0.5, 0.6) is 0 Å². The molecule has 0 aliphatic carbocycles. The van der Waals surface area contributed by atoms with Gasteiger partial charge in [0.2, 0.25) is 5.91 Å². The number of aliphatic hydroxyl groups excluding tert-OH is 2. The standard InChI is InChI=1S/C9H12ClN3O3S/c1-17-9-12-3-4(8(10)13-9)7(16)5(14)2-6(11)15/h3,5,7,14,16H,2H2,1H3,(H2,11,15). The lowest BCUT2D eigenvalue weighted by Crippen LogP contribution is -2.26. The molecule has 94 valence electrons. The first-order valence-electron chi connectivity index (χ1n) is 4.66. The number of carbonyl (C=O) groups is 1. The van der Waals surface area contributed by atoms with Crippen LogP contribution < -0.4 is 5.73 Å². The van der Waals surface area contributed by atoms with Gasteiger partial charge in [-0.2, -0.15) is 0 Å². The molecule has 0 aromatic carbocycles. The SMILES string of the molecule is CSc1ncc(C(O)C(O)CC(N)=O)c(Cl)n1. The number of rotatable bonds is 5. The van der Waals surface area contributed by atoms with Gasteiger partial charge in [-0.3, -0.25) is 4.79 Å². The van der Waals surface area contributed by atoms with Crippen LogP contribution in [0.1, 0.15) is 18.1 Å². The Morgan fingerprint density at radius 2 is 2.29 bits per heavy atom. The zero-order chi connectivity index (χ0) is 13.0. The molecule has 2 unspecified atom stereocenters. The molecule has 0 fully saturated rings. The van der Waals surface area contributed by atoms with E-state index in [1.807, 2.05) is 0 Å². The third kappa shape index (κ3) is 3.81. The molecule has 0 bridgehead atoms. The summed E-state index contributed by atoms with van der Waals surface area (Å²) in [6.45, 7) is 0. The number of aliphatic hydroxyl groups is 2. The third-order valence-corrected chi connectivity index (χ3v) is 2.89. The number of nitrogens with zero attached hydrogens (tertiary/aromatic N) is 2. The molecule has 1 rings (SSSR count). The Bertz CT molecular complexity index is 418. The molecule has 0 aliphatic rings. The normalized spacial score (nSPS) is 14.4. The monoisotopic (exact) mass is 277 g/mol. The summed E-state index contributed by atoms with van der Waals surface area (Å²) in [4.78, 5) is 18.4. The first kappa shape index (κ1) is 14.2. The van der Waals surface area contributed by atoms with Gasteiger partial charge in [-0.15, -0.1) is 0 Å². The lowest BCUT2D eigenvalue weighted by atomic mass is 10.1. The largest absolute Gasteiger partial charge is 0.390 e. The molecule has 1 aromatic heterocycles. The van der Waals surface area contributed by atoms with Crippen LogP contribution in [-0.4, -0.2) is 38.4 Å². The average Bonchev–Trinajstić information content (AvgIpc) is 2.27. The first-order chi connectivity index (χ1) is 7.95. The predicted molar refractivity (Wildman–Crippen MR) is 63.6 cm³/mol. The summed E-state index contributed by atoms with van der Waals surface area (Å²) in [5, 5.41) is 19.8. The first-order valence-corrected chi connectivity index (χ1v) is 6.26. The highest BCUT2D eigenvalue weighted by atomic mass is 35.5. The van der Waals surface area contributed by atoms with Crippen LogP contribution >= 0.6 is 23.4 Å². The second kappa shape index (κ2) is 6.15. The number of aromatic nitrogens is 2. The molecule has 8 heteroatoms. The predicted octanol–water partition coefficient (Wildman–Crippen LogP) is 0.122. The van der Waals surface area contributed by atoms with Crippen LogP contribution in [0.2, 0.25) is 5.15 Å². The van der Waals surface area contributed by atoms with E-state index < -0.39 is 18.1 Å². The lowest BCUT2D eigenvalue weighted by molar-refractivity contribution is -0.121. The minimum atomic E-state index is -1.34. The molecule has 17 heavy (non-hydrogen) atoms. The van der Waals surface area contributed by atoms with Crippen molar-refractivity contribution in [3.63, 3.8) is 0 Å². The number of hydrogen-bond acceptors (Lipinski definition) is 6. The van der Waals surface area contributed by atoms with E-state index in [1.54, 1.807) is 6.26 Å². The van der Waals surface area contributed by atoms with Crippen LogP contribution in [0.15, 0.2) is 11.4 Å². The Morgan fingerprint density at radius 3 is 2.76 bits per heavy atom. The molecule has 2 atom stereocenters. The highest BCUT2D eigenvalue weighted by Crippen LogP contribution is 2.25. The van der Waals surface area contributed by atoms with Crippen molar-refractivity contribution in [1.82, 2.24) is 9.97 Å². The van der Waals surface area contributed by atoms with Crippen molar-refractivity contribution in [1.29, 1.82) is 0 Å². The molecular formula is C9H12ClN3O3S. The van der Waals surface area contributed by atoms with E-state index in [0.29, 0.717) is 5.16 Å². The summed E-state index contributed by atoms with van der Waals surface area (Å²) in [5.41, 5.74) is 5.08. The smallest absolute Gasteiger partial charge is 0.220 e. The number of halogens is 1. The minimum absolute atomic E-state index is 0.0420. The average molecular weight is 278 g/mol. The van der Waals surface area contributed by atoms with E-state index in [2.05, 4.69) is 9.97 Å². The fraction of sp³-hybridized carbons (Fsp3) is 0.444. The summed E-state index contributed by atoms with van der Waals surface area (Å²) < 4.78 is 0. The molecule has 1 heterocycles. The molecule has 1 amide bonds. The Kier molecular flexibility index (Phi) is 5.13. The molecule has 0 aliphatic heterocycles. The number of hydrogen-bond donors (Lipinski definition) is 3. The van der Waals surface area contributed by atoms with Crippen molar-refractivity contribution in [2.75, 3.05) is 6.26 Å². The number of nitrogens with two attached hydrogens (primary N) is 1. The molecule has 0 radical (unpaired) electrons. The van der Waals surface area contributed by atoms with E-state index in [0.717, 1.165) is 0 Å². The summed E-state index contributed by atoms with van der Waals surface area (Å²) in [6.07, 6.45) is 0.0706. The Balaban J connectivity index is 2.88. The van der Waals surface area contributed by atoms with E-state index >= 15 is 0 Å². The zero-order valence-corrected chi connectivity index (χ0v) is 10.6. The number of thioether (sulfide) groups is 1. The van der Waals surface area contributed by atoms with Crippen LogP contribution in [0.3, 0.4) is 0 Å². The number of carbonyl (C=O) groups excluding carboxylic acids is 1. The fourth-order valence-electron chi connectivity index (χ4n) is 1.18. The highest BCUT2D eigenvalue weighted by molar-refractivity contribution is 7.98. The minimum Gasteiger partial charge on any atom is -0.390 e. The summed E-state index contributed by atoms with van der Waals surface area (Å²) in [5.74, 6) is -0.714. The third-order valence-electron chi connectivity index (χ3n) is 2.02. The van der Waals surface area contributed by atoms with E-state index in [4.69, 9.17) is 17.3 Å². The van der Waals surface area contributed by atoms with Crippen LogP contribution in [0.4, 0.5) is 0 Å². The summed E-state index contributed by atoms with van der Waals surface area (Å²) in [6, 6.07) is 0. The van der Waals surface area contributed by atoms with Gasteiger partial charge in [0.05, 0.1) is 12.5 Å². The van der Waals surface area contributed by atoms with Gasteiger partial charge in [-0.1, -0.05) is 23.4 Å². The fourth-order valence-corrected chi connectivity index (χ4v) is 1.81. The van der Waals surface area contributed by atoms with Gasteiger partial charge in [0.15, 0.2) is 5.16 Å². The van der Waals surface area contributed by atoms with Crippen LogP contribution in [-0.2, 0) is 4.79 Å². The van der Waals surface area contributed by atoms with Crippen molar-refractivity contribution >= 4 is 29.3 Å². The molecule has 4 N–H and O–H groups in total. The van der Waals surface area contributed by atoms with E-state index in [1.165, 1.54) is 18.0 Å². The van der Waals surface area contributed by atoms with Crippen molar-refractivity contribution in [3.8, 4) is 0 Å². The lowest BCUT2D eigenvalue weighted by Gasteiger charge is -2.17. The molecular weight excluding hydrogens is 266 g/mol. The maximum absolute atomic E-state index is 10.6. The second-order valence-corrected chi connectivity index (χ2v) is 4.42. The molecule has 0 spiro atoms. The molecule has 0 saturated carbocycles. The second-order valence-electron chi connectivity index (χ2n) is 3.29. The van der Waals surface area contributed by atoms with Crippen LogP contribution in [0, 0.1) is 0 Å². The summed E-state index contributed by atoms with van der Waals surface area (Å²) in [7, 11) is 0. The van der Waals surface area contributed by atoms with E-state index in [-0.39, 0.29) is 17.1 Å². The Morgan fingerprint density at radius 1 is 1.65 bits per heavy atom. The van der Waals surface area contributed by atoms with Crippen LogP contribution in [0.25, 0.3) is 0 Å². The van der Waals surface area contributed by atoms with Gasteiger partial charge in [-0.25, -0.2) is 9.97 Å². The zero-order valence-electron chi connectivity index (χ0n) is 9.00. The van der Waals surface area contributed by atoms with Gasteiger partial charge in [0, 0.05) is 11.8 Å². The van der Waals surface area contributed by atoms with Gasteiger partial charge in [0.25, 0.3) is 0 Å². The van der Waals surface area contributed by atoms with Crippen molar-refractivity contribution in [2.24, 2.45) is 5.73 Å². The number of primary amides is 1. The Labute approximate surface area is 107 Å². The van der Waals surface area contributed by atoms with Gasteiger partial charge in [0.1, 0.15) is 11.3 Å². The van der Waals surface area contributed by atoms with Gasteiger partial charge >= 0.3 is 0 Å². The molecule has 0 saturated heterocycles. The summed E-state index contributed by atoms with van der Waals surface area (Å²) >= 11 is 7.13. The number of amides is 1. The Hall–Kier alpha value is -0.890. The van der Waals surface area contributed by atoms with Gasteiger partial charge in [-0.05, 0) is 6.26 Å². The van der Waals surface area contributed by atoms with Gasteiger partial charge < -0.3 is 15.9 Å². The van der Waals surface area contributed by atoms with Crippen molar-refractivity contribution in [2.45, 2.75) is 23.8 Å². The van der Waals surface area contributed by atoms with E-state index in [9.17, 15) is 15.0 Å². The van der Waals surface area contributed by atoms with Crippen molar-refractivity contribution < 1.29 is 15.0 Å². The quantitative estimate of drug-likeness (QED) is 0.401. The maximum atomic E-state index is 10.6. The molecule has 1 aromatic rings. The highest BCUT2D eigenvalue weighted by Gasteiger charge is 2.23. The molecule has 6 nitrogen and oxygen atoms in total. The van der Waals surface area contributed by atoms with Crippen molar-refractivity contribution in [3.05, 3.63) is 16.9 Å². The maximum Gasteiger partial charge on any atom is 0.220 e.